The Morgan fingerprint density at radius 2 is 2.27 bits per heavy atom. The van der Waals surface area contributed by atoms with Crippen LogP contribution in [0.25, 0.3) is 0 Å². The molecule has 0 radical (unpaired) electrons. The van der Waals surface area contributed by atoms with Crippen LogP contribution in [0.2, 0.25) is 0 Å². The van der Waals surface area contributed by atoms with E-state index in [0.29, 0.717) is 5.75 Å². The second-order valence-corrected chi connectivity index (χ2v) is 3.40. The van der Waals surface area contributed by atoms with Crippen molar-refractivity contribution >= 4 is 21.6 Å². The van der Waals surface area contributed by atoms with Gasteiger partial charge in [-0.3, -0.25) is 0 Å². The smallest absolute Gasteiger partial charge is 0.131 e. The first-order chi connectivity index (χ1) is 5.29. The van der Waals surface area contributed by atoms with Gasteiger partial charge in [-0.2, -0.15) is 0 Å². The van der Waals surface area contributed by atoms with Crippen LogP contribution in [0.4, 0.5) is 5.69 Å². The number of fused-ring (bicyclic) bond motifs is 1. The first kappa shape index (κ1) is 6.98. The number of rotatable bonds is 0. The van der Waals surface area contributed by atoms with Crippen molar-refractivity contribution in [2.24, 2.45) is 0 Å². The number of benzene rings is 1. The van der Waals surface area contributed by atoms with E-state index in [0.717, 1.165) is 23.1 Å². The summed E-state index contributed by atoms with van der Waals surface area (Å²) >= 11 is 3.32. The van der Waals surface area contributed by atoms with Crippen LogP contribution < -0.4 is 5.32 Å². The van der Waals surface area contributed by atoms with Crippen molar-refractivity contribution in [2.75, 3.05) is 11.9 Å². The van der Waals surface area contributed by atoms with E-state index in [4.69, 9.17) is 0 Å². The molecule has 2 nitrogen and oxygen atoms in total. The van der Waals surface area contributed by atoms with Crippen LogP contribution >= 0.6 is 15.9 Å². The summed E-state index contributed by atoms with van der Waals surface area (Å²) in [5.74, 6) is 0.304. The van der Waals surface area contributed by atoms with E-state index in [9.17, 15) is 5.11 Å². The van der Waals surface area contributed by atoms with Crippen LogP contribution in [0.3, 0.4) is 0 Å². The lowest BCUT2D eigenvalue weighted by molar-refractivity contribution is 0.472. The molecule has 2 rings (SSSR count). The molecule has 0 saturated heterocycles. The summed E-state index contributed by atoms with van der Waals surface area (Å²) in [6, 6.07) is 3.67. The number of phenols is 1. The highest BCUT2D eigenvalue weighted by molar-refractivity contribution is 9.10. The summed E-state index contributed by atoms with van der Waals surface area (Å²) in [6.45, 7) is 0.970. The maximum absolute atomic E-state index is 9.30. The van der Waals surface area contributed by atoms with E-state index in [-0.39, 0.29) is 0 Å². The highest BCUT2D eigenvalue weighted by atomic mass is 79.9. The van der Waals surface area contributed by atoms with E-state index in [2.05, 4.69) is 21.2 Å². The number of anilines is 1. The van der Waals surface area contributed by atoms with Crippen molar-refractivity contribution in [3.05, 3.63) is 22.2 Å². The van der Waals surface area contributed by atoms with Gasteiger partial charge < -0.3 is 10.4 Å². The fourth-order valence-electron chi connectivity index (χ4n) is 1.33. The molecule has 1 aliphatic heterocycles. The van der Waals surface area contributed by atoms with Gasteiger partial charge in [-0.1, -0.05) is 6.07 Å². The van der Waals surface area contributed by atoms with Crippen molar-refractivity contribution in [3.8, 4) is 5.75 Å². The summed E-state index contributed by atoms with van der Waals surface area (Å²) in [6.07, 6.45) is 1.05. The summed E-state index contributed by atoms with van der Waals surface area (Å²) < 4.78 is 0.785. The van der Waals surface area contributed by atoms with Gasteiger partial charge >= 0.3 is 0 Å². The zero-order valence-corrected chi connectivity index (χ0v) is 7.48. The Morgan fingerprint density at radius 3 is 3.09 bits per heavy atom. The Labute approximate surface area is 73.4 Å². The summed E-state index contributed by atoms with van der Waals surface area (Å²) in [5, 5.41) is 12.5. The van der Waals surface area contributed by atoms with E-state index in [1.807, 2.05) is 6.07 Å². The van der Waals surface area contributed by atoms with Crippen molar-refractivity contribution in [1.29, 1.82) is 0 Å². The molecule has 11 heavy (non-hydrogen) atoms. The van der Waals surface area contributed by atoms with Crippen LogP contribution in [0.15, 0.2) is 16.6 Å². The Morgan fingerprint density at radius 1 is 1.45 bits per heavy atom. The first-order valence-electron chi connectivity index (χ1n) is 3.53. The summed E-state index contributed by atoms with van der Waals surface area (Å²) in [7, 11) is 0. The number of nitrogens with one attached hydrogen (secondary N) is 1. The quantitative estimate of drug-likeness (QED) is 0.693. The Kier molecular flexibility index (Phi) is 1.53. The molecule has 0 amide bonds. The lowest BCUT2D eigenvalue weighted by atomic mass is 10.2. The van der Waals surface area contributed by atoms with Crippen LogP contribution in [-0.4, -0.2) is 11.7 Å². The molecular formula is C8H8BrNO. The van der Waals surface area contributed by atoms with Crippen molar-refractivity contribution in [3.63, 3.8) is 0 Å². The third-order valence-corrected chi connectivity index (χ3v) is 2.71. The first-order valence-corrected chi connectivity index (χ1v) is 4.32. The van der Waals surface area contributed by atoms with Gasteiger partial charge in [0.2, 0.25) is 0 Å². The molecule has 0 aliphatic carbocycles. The Balaban J connectivity index is 2.62. The van der Waals surface area contributed by atoms with Gasteiger partial charge in [0.05, 0.1) is 10.2 Å². The normalized spacial score (nSPS) is 14.3. The zero-order valence-electron chi connectivity index (χ0n) is 5.89. The highest BCUT2D eigenvalue weighted by Gasteiger charge is 2.14. The van der Waals surface area contributed by atoms with E-state index < -0.39 is 0 Å². The van der Waals surface area contributed by atoms with Crippen LogP contribution in [0, 0.1) is 0 Å². The minimum Gasteiger partial charge on any atom is -0.507 e. The van der Waals surface area contributed by atoms with Gasteiger partial charge in [0.1, 0.15) is 5.75 Å². The Hall–Kier alpha value is -0.700. The molecule has 0 saturated carbocycles. The molecule has 58 valence electrons. The topological polar surface area (TPSA) is 32.3 Å². The Bertz CT molecular complexity index is 298. The number of phenolic OH excluding ortho intramolecular Hbond substituents is 1. The largest absolute Gasteiger partial charge is 0.507 e. The SMILES string of the molecule is Oc1ccc2c(c1Br)NCC2. The molecule has 0 unspecified atom stereocenters. The molecule has 0 fully saturated rings. The van der Waals surface area contributed by atoms with Crippen molar-refractivity contribution < 1.29 is 5.11 Å². The fraction of sp³-hybridized carbons (Fsp3) is 0.250. The number of hydrogen-bond acceptors (Lipinski definition) is 2. The summed E-state index contributed by atoms with van der Waals surface area (Å²) in [5.41, 5.74) is 2.32. The van der Waals surface area contributed by atoms with Gasteiger partial charge in [0, 0.05) is 6.54 Å². The molecule has 1 aromatic rings. The molecule has 0 aromatic heterocycles. The molecule has 0 bridgehead atoms. The number of hydrogen-bond donors (Lipinski definition) is 2. The zero-order chi connectivity index (χ0) is 7.84. The maximum Gasteiger partial charge on any atom is 0.131 e. The standard InChI is InChI=1S/C8H8BrNO/c9-7-6(11)2-1-5-3-4-10-8(5)7/h1-2,10-11H,3-4H2. The predicted molar refractivity (Wildman–Crippen MR) is 48.0 cm³/mol. The minimum atomic E-state index is 0.304. The molecule has 0 spiro atoms. The molecule has 1 aliphatic rings. The third-order valence-electron chi connectivity index (χ3n) is 1.90. The summed E-state index contributed by atoms with van der Waals surface area (Å²) in [4.78, 5) is 0. The van der Waals surface area contributed by atoms with Gasteiger partial charge in [0.15, 0.2) is 0 Å². The average Bonchev–Trinajstić information content (AvgIpc) is 2.45. The molecule has 3 heteroatoms. The maximum atomic E-state index is 9.30. The second-order valence-electron chi connectivity index (χ2n) is 2.61. The molecule has 1 heterocycles. The minimum absolute atomic E-state index is 0.304. The predicted octanol–water partition coefficient (Wildman–Crippen LogP) is 2.12. The third kappa shape index (κ3) is 0.997. The van der Waals surface area contributed by atoms with Gasteiger partial charge in [-0.05, 0) is 34.0 Å². The van der Waals surface area contributed by atoms with Crippen LogP contribution in [0.1, 0.15) is 5.56 Å². The van der Waals surface area contributed by atoms with Gasteiger partial charge in [-0.25, -0.2) is 0 Å². The second kappa shape index (κ2) is 2.41. The molecular weight excluding hydrogens is 206 g/mol. The van der Waals surface area contributed by atoms with E-state index >= 15 is 0 Å². The van der Waals surface area contributed by atoms with Crippen LogP contribution in [-0.2, 0) is 6.42 Å². The van der Waals surface area contributed by atoms with Crippen LogP contribution in [0.5, 0.6) is 5.75 Å². The lowest BCUT2D eigenvalue weighted by Crippen LogP contribution is -1.91. The monoisotopic (exact) mass is 213 g/mol. The highest BCUT2D eigenvalue weighted by Crippen LogP contribution is 2.37. The van der Waals surface area contributed by atoms with E-state index in [1.54, 1.807) is 6.07 Å². The van der Waals surface area contributed by atoms with Crippen molar-refractivity contribution in [2.45, 2.75) is 6.42 Å². The average molecular weight is 214 g/mol. The fourth-order valence-corrected chi connectivity index (χ4v) is 1.85. The lowest BCUT2D eigenvalue weighted by Gasteiger charge is -2.03. The molecule has 1 aromatic carbocycles. The molecule has 0 atom stereocenters. The molecule has 2 N–H and O–H groups in total. The van der Waals surface area contributed by atoms with Crippen molar-refractivity contribution in [1.82, 2.24) is 0 Å². The van der Waals surface area contributed by atoms with Gasteiger partial charge in [0.25, 0.3) is 0 Å². The van der Waals surface area contributed by atoms with Gasteiger partial charge in [-0.15, -0.1) is 0 Å². The van der Waals surface area contributed by atoms with E-state index in [1.165, 1.54) is 5.56 Å². The number of halogens is 1. The number of aromatic hydroxyl groups is 1.